The quantitative estimate of drug-likeness (QED) is 0.598. The van der Waals surface area contributed by atoms with E-state index in [-0.39, 0.29) is 17.6 Å². The normalized spacial score (nSPS) is 16.1. The summed E-state index contributed by atoms with van der Waals surface area (Å²) < 4.78 is 15.7. The number of rotatable bonds is 5. The average Bonchev–Trinajstić information content (AvgIpc) is 3.25. The van der Waals surface area contributed by atoms with Crippen LogP contribution in [-0.2, 0) is 10.5 Å². The number of thioether (sulfide) groups is 1. The molecule has 3 aromatic rings. The maximum absolute atomic E-state index is 13.9. The van der Waals surface area contributed by atoms with Gasteiger partial charge in [-0.05, 0) is 49.4 Å². The van der Waals surface area contributed by atoms with Crippen LogP contribution in [0.1, 0.15) is 35.9 Å². The second-order valence-electron chi connectivity index (χ2n) is 6.63. The summed E-state index contributed by atoms with van der Waals surface area (Å²) in [6, 6.07) is 8.43. The molecule has 0 saturated carbocycles. The van der Waals surface area contributed by atoms with Gasteiger partial charge in [0.2, 0.25) is 11.1 Å². The van der Waals surface area contributed by atoms with E-state index in [1.54, 1.807) is 35.1 Å². The zero-order chi connectivity index (χ0) is 19.8. The number of hydrogen-bond acceptors (Lipinski definition) is 6. The van der Waals surface area contributed by atoms with Gasteiger partial charge in [0.15, 0.2) is 5.78 Å². The van der Waals surface area contributed by atoms with Crippen molar-refractivity contribution in [1.29, 1.82) is 0 Å². The van der Waals surface area contributed by atoms with Crippen molar-refractivity contribution in [2.45, 2.75) is 37.7 Å². The Balaban J connectivity index is 1.69. The zero-order valence-electron chi connectivity index (χ0n) is 15.7. The first-order valence-electron chi connectivity index (χ1n) is 8.81. The predicted molar refractivity (Wildman–Crippen MR) is 110 cm³/mol. The van der Waals surface area contributed by atoms with Crippen LogP contribution in [0.15, 0.2) is 52.1 Å². The summed E-state index contributed by atoms with van der Waals surface area (Å²) >= 11 is 2.98. The fraction of sp³-hybridized carbons (Fsp3) is 0.250. The van der Waals surface area contributed by atoms with Gasteiger partial charge in [-0.3, -0.25) is 4.79 Å². The summed E-state index contributed by atoms with van der Waals surface area (Å²) in [6.07, 6.45) is 0. The van der Waals surface area contributed by atoms with Crippen molar-refractivity contribution in [1.82, 2.24) is 14.8 Å². The largest absolute Gasteiger partial charge is 0.328 e. The Hall–Kier alpha value is -2.45. The van der Waals surface area contributed by atoms with Crippen LogP contribution in [0, 0.1) is 12.7 Å². The summed E-state index contributed by atoms with van der Waals surface area (Å²) in [5.74, 6) is 0.798. The van der Waals surface area contributed by atoms with Crippen LogP contribution in [-0.4, -0.2) is 20.5 Å². The molecule has 0 amide bonds. The summed E-state index contributed by atoms with van der Waals surface area (Å²) in [7, 11) is 0. The Morgan fingerprint density at radius 3 is 2.79 bits per heavy atom. The molecule has 8 heteroatoms. The summed E-state index contributed by atoms with van der Waals surface area (Å²) in [5.41, 5.74) is 3.20. The van der Waals surface area contributed by atoms with Gasteiger partial charge in [0.25, 0.3) is 0 Å². The first-order chi connectivity index (χ1) is 13.5. The topological polar surface area (TPSA) is 59.8 Å². The van der Waals surface area contributed by atoms with Gasteiger partial charge < -0.3 is 5.32 Å². The van der Waals surface area contributed by atoms with Gasteiger partial charge in [0, 0.05) is 21.9 Å². The van der Waals surface area contributed by atoms with E-state index in [1.807, 2.05) is 31.4 Å². The Kier molecular flexibility index (Phi) is 5.07. The number of Topliss-reactive ketones (excluding diaryl/α,β-unsaturated/α-hetero) is 1. The van der Waals surface area contributed by atoms with Crippen molar-refractivity contribution in [3.63, 3.8) is 0 Å². The first kappa shape index (κ1) is 18.9. The first-order valence-corrected chi connectivity index (χ1v) is 10.7. The lowest BCUT2D eigenvalue weighted by Gasteiger charge is -2.27. The van der Waals surface area contributed by atoms with E-state index in [4.69, 9.17) is 0 Å². The molecule has 0 radical (unpaired) electrons. The van der Waals surface area contributed by atoms with Crippen LogP contribution in [0.5, 0.6) is 0 Å². The lowest BCUT2D eigenvalue weighted by molar-refractivity contribution is -0.114. The van der Waals surface area contributed by atoms with Crippen LogP contribution in [0.2, 0.25) is 0 Å². The van der Waals surface area contributed by atoms with E-state index in [0.29, 0.717) is 28.0 Å². The number of halogens is 1. The van der Waals surface area contributed by atoms with Crippen molar-refractivity contribution in [3.05, 3.63) is 68.8 Å². The molecule has 5 nitrogen and oxygen atoms in total. The number of hydrogen-bond donors (Lipinski definition) is 1. The minimum atomic E-state index is -0.302. The lowest BCUT2D eigenvalue weighted by Crippen LogP contribution is -2.27. The molecule has 0 bridgehead atoms. The van der Waals surface area contributed by atoms with Crippen molar-refractivity contribution in [2.75, 3.05) is 5.32 Å². The predicted octanol–water partition coefficient (Wildman–Crippen LogP) is 4.96. The van der Waals surface area contributed by atoms with Crippen molar-refractivity contribution >= 4 is 34.8 Å². The minimum Gasteiger partial charge on any atom is -0.328 e. The van der Waals surface area contributed by atoms with E-state index in [2.05, 4.69) is 15.4 Å². The van der Waals surface area contributed by atoms with Gasteiger partial charge in [0.05, 0.1) is 0 Å². The summed E-state index contributed by atoms with van der Waals surface area (Å²) in [4.78, 5) is 18.0. The molecule has 1 N–H and O–H groups in total. The number of carbonyl (C=O) groups excluding carboxylic acids is 1. The molecule has 0 saturated heterocycles. The number of allylic oxidation sites excluding steroid dienone is 2. The van der Waals surface area contributed by atoms with Gasteiger partial charge in [-0.1, -0.05) is 30.0 Å². The number of aryl methyl sites for hydroxylation is 1. The van der Waals surface area contributed by atoms with Crippen LogP contribution in [0.4, 0.5) is 10.3 Å². The third-order valence-corrected chi connectivity index (χ3v) is 6.63. The van der Waals surface area contributed by atoms with Gasteiger partial charge in [-0.2, -0.15) is 4.98 Å². The zero-order valence-corrected chi connectivity index (χ0v) is 17.3. The number of thiophene rings is 1. The minimum absolute atomic E-state index is 0.00418. The Morgan fingerprint density at radius 1 is 1.32 bits per heavy atom. The van der Waals surface area contributed by atoms with E-state index >= 15 is 0 Å². The van der Waals surface area contributed by atoms with Crippen LogP contribution < -0.4 is 5.32 Å². The smallest absolute Gasteiger partial charge is 0.227 e. The number of anilines is 1. The summed E-state index contributed by atoms with van der Waals surface area (Å²) in [5, 5.41) is 10.4. The molecule has 28 heavy (non-hydrogen) atoms. The molecule has 2 aromatic heterocycles. The summed E-state index contributed by atoms with van der Waals surface area (Å²) in [6.45, 7) is 5.49. The number of fused-ring (bicyclic) bond motifs is 1. The average molecular weight is 415 g/mol. The third-order valence-electron chi connectivity index (χ3n) is 4.68. The molecule has 1 aliphatic rings. The Bertz CT molecular complexity index is 1090. The van der Waals surface area contributed by atoms with E-state index < -0.39 is 0 Å². The van der Waals surface area contributed by atoms with Gasteiger partial charge in [-0.25, -0.2) is 9.07 Å². The van der Waals surface area contributed by atoms with Crippen LogP contribution >= 0.6 is 23.1 Å². The molecule has 0 fully saturated rings. The molecule has 1 unspecified atom stereocenters. The number of ketones is 1. The molecule has 1 aliphatic heterocycles. The highest BCUT2D eigenvalue weighted by molar-refractivity contribution is 7.98. The second kappa shape index (κ2) is 7.52. The highest BCUT2D eigenvalue weighted by atomic mass is 32.2. The van der Waals surface area contributed by atoms with Gasteiger partial charge in [-0.15, -0.1) is 16.4 Å². The number of carbonyl (C=O) groups is 1. The molecule has 4 rings (SSSR count). The van der Waals surface area contributed by atoms with Gasteiger partial charge in [0.1, 0.15) is 11.9 Å². The van der Waals surface area contributed by atoms with Crippen LogP contribution in [0.3, 0.4) is 0 Å². The monoisotopic (exact) mass is 414 g/mol. The second-order valence-corrected chi connectivity index (χ2v) is 8.52. The highest BCUT2D eigenvalue weighted by Gasteiger charge is 2.34. The van der Waals surface area contributed by atoms with E-state index in [0.717, 1.165) is 16.1 Å². The van der Waals surface area contributed by atoms with Crippen molar-refractivity contribution in [3.8, 4) is 0 Å². The lowest BCUT2D eigenvalue weighted by atomic mass is 9.97. The highest BCUT2D eigenvalue weighted by Crippen LogP contribution is 2.40. The molecular weight excluding hydrogens is 395 g/mol. The number of aromatic nitrogens is 3. The molecule has 1 aromatic carbocycles. The molecule has 144 valence electrons. The fourth-order valence-corrected chi connectivity index (χ4v) is 5.15. The fourth-order valence-electron chi connectivity index (χ4n) is 3.31. The van der Waals surface area contributed by atoms with Crippen LogP contribution in [0.25, 0.3) is 0 Å². The maximum Gasteiger partial charge on any atom is 0.227 e. The number of nitrogens with one attached hydrogen (secondary N) is 1. The molecule has 0 spiro atoms. The number of nitrogens with zero attached hydrogens (tertiary/aromatic N) is 3. The van der Waals surface area contributed by atoms with Gasteiger partial charge >= 0.3 is 0 Å². The third kappa shape index (κ3) is 3.38. The molecule has 1 atom stereocenters. The maximum atomic E-state index is 13.9. The number of benzene rings is 1. The van der Waals surface area contributed by atoms with Crippen molar-refractivity contribution in [2.24, 2.45) is 0 Å². The van der Waals surface area contributed by atoms with E-state index in [1.165, 1.54) is 17.8 Å². The standard InChI is InChI=1S/C20H19FN4OS2/c1-11-8-9-27-18(11)17-16(13(3)26)12(2)22-19-23-20(24-25(17)19)28-10-14-6-4-5-7-15(14)21/h4-9,17H,10H2,1-3H3,(H,22,23,24). The molecular formula is C20H19FN4OS2. The Labute approximate surface area is 170 Å². The Morgan fingerprint density at radius 2 is 2.11 bits per heavy atom. The molecule has 0 aliphatic carbocycles. The van der Waals surface area contributed by atoms with Crippen molar-refractivity contribution < 1.29 is 9.18 Å². The SMILES string of the molecule is CC(=O)C1=C(C)Nc2nc(SCc3ccccc3F)nn2C1c1sccc1C. The van der Waals surface area contributed by atoms with E-state index in [9.17, 15) is 9.18 Å². The molecule has 3 heterocycles.